The van der Waals surface area contributed by atoms with Crippen molar-refractivity contribution in [1.82, 2.24) is 10.6 Å². The minimum Gasteiger partial charge on any atom is -0.495 e. The maximum atomic E-state index is 12.3. The highest BCUT2D eigenvalue weighted by atomic mass is 35.5. The van der Waals surface area contributed by atoms with Crippen LogP contribution in [0.25, 0.3) is 0 Å². The van der Waals surface area contributed by atoms with Crippen molar-refractivity contribution < 1.29 is 14.3 Å². The number of benzene rings is 2. The molecule has 3 N–H and O–H groups in total. The highest BCUT2D eigenvalue weighted by Gasteiger charge is 2.14. The molecule has 0 aromatic heterocycles. The maximum Gasteiger partial charge on any atom is 0.319 e. The van der Waals surface area contributed by atoms with Crippen LogP contribution in [0.1, 0.15) is 28.9 Å². The van der Waals surface area contributed by atoms with Gasteiger partial charge in [-0.1, -0.05) is 23.7 Å². The normalized spacial score (nSPS) is 11.4. The van der Waals surface area contributed by atoms with E-state index in [0.717, 1.165) is 5.56 Å². The standard InChI is InChI=1S/C18H20ClN3O3/c1-11(12-5-4-6-14(19)9-12)21-18(24)22-15-10-13(17(23)20-2)7-8-16(15)25-3/h4-11H,1-3H3,(H,20,23)(H2,21,22,24)/t11-/m1/s1. The quantitative estimate of drug-likeness (QED) is 0.761. The van der Waals surface area contributed by atoms with Crippen LogP contribution in [0.5, 0.6) is 5.75 Å². The van der Waals surface area contributed by atoms with Crippen molar-refractivity contribution in [2.24, 2.45) is 0 Å². The van der Waals surface area contributed by atoms with Gasteiger partial charge in [0, 0.05) is 17.6 Å². The van der Waals surface area contributed by atoms with Crippen molar-refractivity contribution in [3.63, 3.8) is 0 Å². The number of hydrogen-bond donors (Lipinski definition) is 3. The Hall–Kier alpha value is -2.73. The average molecular weight is 362 g/mol. The molecule has 2 aromatic rings. The van der Waals surface area contributed by atoms with Gasteiger partial charge in [0.15, 0.2) is 0 Å². The van der Waals surface area contributed by atoms with Crippen molar-refractivity contribution in [2.45, 2.75) is 13.0 Å². The van der Waals surface area contributed by atoms with Gasteiger partial charge < -0.3 is 20.7 Å². The number of nitrogens with one attached hydrogen (secondary N) is 3. The van der Waals surface area contributed by atoms with E-state index in [4.69, 9.17) is 16.3 Å². The van der Waals surface area contributed by atoms with E-state index in [9.17, 15) is 9.59 Å². The molecule has 0 aliphatic rings. The van der Waals surface area contributed by atoms with Gasteiger partial charge in [-0.3, -0.25) is 4.79 Å². The Bertz CT molecular complexity index is 780. The number of rotatable bonds is 5. The highest BCUT2D eigenvalue weighted by Crippen LogP contribution is 2.26. The highest BCUT2D eigenvalue weighted by molar-refractivity contribution is 6.30. The first kappa shape index (κ1) is 18.6. The van der Waals surface area contributed by atoms with Gasteiger partial charge in [-0.2, -0.15) is 0 Å². The third kappa shape index (κ3) is 4.87. The summed E-state index contributed by atoms with van der Waals surface area (Å²) in [6.45, 7) is 1.85. The zero-order chi connectivity index (χ0) is 18.4. The Morgan fingerprint density at radius 1 is 1.16 bits per heavy atom. The fourth-order valence-corrected chi connectivity index (χ4v) is 2.50. The fraction of sp³-hybridized carbons (Fsp3) is 0.222. The van der Waals surface area contributed by atoms with Gasteiger partial charge in [0.25, 0.3) is 5.91 Å². The molecule has 2 aromatic carbocycles. The van der Waals surface area contributed by atoms with E-state index in [2.05, 4.69) is 16.0 Å². The Morgan fingerprint density at radius 2 is 1.92 bits per heavy atom. The van der Waals surface area contributed by atoms with Crippen LogP contribution >= 0.6 is 11.6 Å². The van der Waals surface area contributed by atoms with Crippen LogP contribution in [-0.2, 0) is 0 Å². The second kappa shape index (κ2) is 8.39. The summed E-state index contributed by atoms with van der Waals surface area (Å²) >= 11 is 5.97. The summed E-state index contributed by atoms with van der Waals surface area (Å²) in [5.41, 5.74) is 1.70. The molecule has 6 nitrogen and oxygen atoms in total. The molecular formula is C18H20ClN3O3. The van der Waals surface area contributed by atoms with Gasteiger partial charge in [-0.15, -0.1) is 0 Å². The lowest BCUT2D eigenvalue weighted by Gasteiger charge is -2.17. The van der Waals surface area contributed by atoms with Crippen LogP contribution in [0.3, 0.4) is 0 Å². The summed E-state index contributed by atoms with van der Waals surface area (Å²) in [5, 5.41) is 8.67. The van der Waals surface area contributed by atoms with E-state index in [1.807, 2.05) is 19.1 Å². The lowest BCUT2D eigenvalue weighted by Crippen LogP contribution is -2.31. The van der Waals surface area contributed by atoms with Crippen molar-refractivity contribution in [3.8, 4) is 5.75 Å². The molecule has 0 radical (unpaired) electrons. The van der Waals surface area contributed by atoms with Gasteiger partial charge in [0.1, 0.15) is 5.75 Å². The number of carbonyl (C=O) groups excluding carboxylic acids is 2. The summed E-state index contributed by atoms with van der Waals surface area (Å²) in [6, 6.07) is 11.4. The Kier molecular flexibility index (Phi) is 6.25. The summed E-state index contributed by atoms with van der Waals surface area (Å²) in [7, 11) is 3.03. The first-order valence-corrected chi connectivity index (χ1v) is 8.05. The van der Waals surface area contributed by atoms with Gasteiger partial charge in [-0.05, 0) is 42.8 Å². The first-order chi connectivity index (χ1) is 11.9. The van der Waals surface area contributed by atoms with Crippen LogP contribution in [0.2, 0.25) is 5.02 Å². The molecule has 0 aliphatic carbocycles. The Labute approximate surface area is 151 Å². The van der Waals surface area contributed by atoms with Crippen LogP contribution in [0, 0.1) is 0 Å². The third-order valence-corrected chi connectivity index (χ3v) is 3.87. The van der Waals surface area contributed by atoms with Crippen molar-refractivity contribution in [3.05, 3.63) is 58.6 Å². The largest absolute Gasteiger partial charge is 0.495 e. The van der Waals surface area contributed by atoms with Gasteiger partial charge in [-0.25, -0.2) is 4.79 Å². The van der Waals surface area contributed by atoms with Crippen LogP contribution in [0.15, 0.2) is 42.5 Å². The zero-order valence-electron chi connectivity index (χ0n) is 14.2. The molecule has 0 aliphatic heterocycles. The minimum absolute atomic E-state index is 0.244. The van der Waals surface area contributed by atoms with Crippen molar-refractivity contribution in [2.75, 3.05) is 19.5 Å². The number of carbonyl (C=O) groups is 2. The van der Waals surface area contributed by atoms with Gasteiger partial charge >= 0.3 is 6.03 Å². The molecule has 7 heteroatoms. The molecule has 0 unspecified atom stereocenters. The monoisotopic (exact) mass is 361 g/mol. The Balaban J connectivity index is 2.12. The molecule has 0 heterocycles. The molecule has 2 rings (SSSR count). The van der Waals surface area contributed by atoms with E-state index in [1.165, 1.54) is 7.11 Å². The summed E-state index contributed by atoms with van der Waals surface area (Å²) in [6.07, 6.45) is 0. The molecule has 0 bridgehead atoms. The third-order valence-electron chi connectivity index (χ3n) is 3.63. The van der Waals surface area contributed by atoms with Crippen LogP contribution in [0.4, 0.5) is 10.5 Å². The minimum atomic E-state index is -0.417. The molecule has 1 atom stereocenters. The lowest BCUT2D eigenvalue weighted by atomic mass is 10.1. The zero-order valence-corrected chi connectivity index (χ0v) is 15.0. The van der Waals surface area contributed by atoms with E-state index in [1.54, 1.807) is 37.4 Å². The lowest BCUT2D eigenvalue weighted by molar-refractivity contribution is 0.0963. The summed E-state index contributed by atoms with van der Waals surface area (Å²) < 4.78 is 5.23. The first-order valence-electron chi connectivity index (χ1n) is 7.67. The van der Waals surface area contributed by atoms with E-state index >= 15 is 0 Å². The summed E-state index contributed by atoms with van der Waals surface area (Å²) in [5.74, 6) is 0.205. The predicted octanol–water partition coefficient (Wildman–Crippen LogP) is 3.59. The van der Waals surface area contributed by atoms with Crippen molar-refractivity contribution in [1.29, 1.82) is 0 Å². The number of urea groups is 1. The second-order valence-electron chi connectivity index (χ2n) is 5.37. The van der Waals surface area contributed by atoms with Crippen molar-refractivity contribution >= 4 is 29.2 Å². The molecule has 25 heavy (non-hydrogen) atoms. The van der Waals surface area contributed by atoms with Crippen LogP contribution < -0.4 is 20.7 Å². The SMILES string of the molecule is CNC(=O)c1ccc(OC)c(NC(=O)N[C@H](C)c2cccc(Cl)c2)c1. The number of anilines is 1. The fourth-order valence-electron chi connectivity index (χ4n) is 2.31. The molecule has 3 amide bonds. The van der Waals surface area contributed by atoms with E-state index in [0.29, 0.717) is 22.0 Å². The molecule has 0 saturated carbocycles. The smallest absolute Gasteiger partial charge is 0.319 e. The predicted molar refractivity (Wildman–Crippen MR) is 98.4 cm³/mol. The topological polar surface area (TPSA) is 79.5 Å². The number of hydrogen-bond acceptors (Lipinski definition) is 3. The average Bonchev–Trinajstić information content (AvgIpc) is 2.60. The van der Waals surface area contributed by atoms with Crippen LogP contribution in [-0.4, -0.2) is 26.1 Å². The van der Waals surface area contributed by atoms with Gasteiger partial charge in [0.05, 0.1) is 18.8 Å². The summed E-state index contributed by atoms with van der Waals surface area (Å²) in [4.78, 5) is 24.0. The molecule has 0 fully saturated rings. The number of amides is 3. The van der Waals surface area contributed by atoms with E-state index < -0.39 is 6.03 Å². The number of halogens is 1. The maximum absolute atomic E-state index is 12.3. The number of ether oxygens (including phenoxy) is 1. The molecule has 0 saturated heterocycles. The van der Waals surface area contributed by atoms with Gasteiger partial charge in [0.2, 0.25) is 0 Å². The van der Waals surface area contributed by atoms with E-state index in [-0.39, 0.29) is 11.9 Å². The molecule has 132 valence electrons. The molecule has 0 spiro atoms. The second-order valence-corrected chi connectivity index (χ2v) is 5.81. The molecular weight excluding hydrogens is 342 g/mol. The number of methoxy groups -OCH3 is 1. The Morgan fingerprint density at radius 3 is 2.56 bits per heavy atom.